The standard InChI is InChI=1S/C26H21N/c1-26(21-13-6-3-7-14-21)18-24(19-10-4-2-5-11-19)23-17-16-20-12-8-9-15-22(20)25(23)27-26/h2-18,27H,1H3. The molecule has 0 spiro atoms. The van der Waals surface area contributed by atoms with Crippen LogP contribution >= 0.6 is 0 Å². The van der Waals surface area contributed by atoms with Crippen LogP contribution in [0.5, 0.6) is 0 Å². The van der Waals surface area contributed by atoms with Crippen LogP contribution in [-0.2, 0) is 5.54 Å². The Morgan fingerprint density at radius 1 is 0.667 bits per heavy atom. The van der Waals surface area contributed by atoms with E-state index in [-0.39, 0.29) is 5.54 Å². The van der Waals surface area contributed by atoms with Crippen molar-refractivity contribution in [2.24, 2.45) is 0 Å². The Balaban J connectivity index is 1.81. The largest absolute Gasteiger partial charge is 0.371 e. The van der Waals surface area contributed by atoms with Crippen LogP contribution in [0.2, 0.25) is 0 Å². The summed E-state index contributed by atoms with van der Waals surface area (Å²) >= 11 is 0. The van der Waals surface area contributed by atoms with Gasteiger partial charge in [0.15, 0.2) is 0 Å². The second kappa shape index (κ2) is 6.14. The third kappa shape index (κ3) is 2.63. The van der Waals surface area contributed by atoms with Crippen LogP contribution in [-0.4, -0.2) is 0 Å². The predicted molar refractivity (Wildman–Crippen MR) is 115 cm³/mol. The van der Waals surface area contributed by atoms with Crippen molar-refractivity contribution in [3.63, 3.8) is 0 Å². The second-order valence-electron chi connectivity index (χ2n) is 7.33. The summed E-state index contributed by atoms with van der Waals surface area (Å²) in [6, 6.07) is 34.4. The van der Waals surface area contributed by atoms with Gasteiger partial charge in [0.05, 0.1) is 11.2 Å². The fourth-order valence-electron chi connectivity index (χ4n) is 4.09. The van der Waals surface area contributed by atoms with Crippen LogP contribution in [0.25, 0.3) is 16.3 Å². The molecule has 27 heavy (non-hydrogen) atoms. The summed E-state index contributed by atoms with van der Waals surface area (Å²) in [5, 5.41) is 6.38. The highest BCUT2D eigenvalue weighted by molar-refractivity contribution is 6.03. The first-order valence-corrected chi connectivity index (χ1v) is 9.39. The second-order valence-corrected chi connectivity index (χ2v) is 7.33. The number of benzene rings is 4. The first kappa shape index (κ1) is 15.9. The van der Waals surface area contributed by atoms with E-state index in [4.69, 9.17) is 0 Å². The van der Waals surface area contributed by atoms with E-state index in [1.807, 2.05) is 0 Å². The lowest BCUT2D eigenvalue weighted by Crippen LogP contribution is -2.33. The lowest BCUT2D eigenvalue weighted by Gasteiger charge is -2.37. The van der Waals surface area contributed by atoms with Gasteiger partial charge in [-0.25, -0.2) is 0 Å². The summed E-state index contributed by atoms with van der Waals surface area (Å²) in [7, 11) is 0. The molecule has 0 bridgehead atoms. The molecule has 0 radical (unpaired) electrons. The van der Waals surface area contributed by atoms with Gasteiger partial charge in [0, 0.05) is 10.9 Å². The highest BCUT2D eigenvalue weighted by Gasteiger charge is 2.31. The van der Waals surface area contributed by atoms with Gasteiger partial charge in [0.25, 0.3) is 0 Å². The fourth-order valence-corrected chi connectivity index (χ4v) is 4.09. The summed E-state index contributed by atoms with van der Waals surface area (Å²) in [6.45, 7) is 2.26. The molecule has 130 valence electrons. The maximum absolute atomic E-state index is 3.86. The van der Waals surface area contributed by atoms with Crippen LogP contribution in [0, 0.1) is 0 Å². The first-order valence-electron chi connectivity index (χ1n) is 9.39. The molecular weight excluding hydrogens is 326 g/mol. The number of anilines is 1. The minimum atomic E-state index is -0.274. The average molecular weight is 347 g/mol. The molecular formula is C26H21N. The maximum Gasteiger partial charge on any atom is 0.0790 e. The van der Waals surface area contributed by atoms with E-state index >= 15 is 0 Å². The van der Waals surface area contributed by atoms with Crippen LogP contribution in [0.15, 0.2) is 103 Å². The Hall–Kier alpha value is -3.32. The predicted octanol–water partition coefficient (Wildman–Crippen LogP) is 6.61. The van der Waals surface area contributed by atoms with Crippen LogP contribution in [0.1, 0.15) is 23.6 Å². The van der Waals surface area contributed by atoms with E-state index in [0.717, 1.165) is 0 Å². The van der Waals surface area contributed by atoms with Gasteiger partial charge in [0.1, 0.15) is 0 Å². The zero-order valence-corrected chi connectivity index (χ0v) is 15.3. The van der Waals surface area contributed by atoms with Gasteiger partial charge in [-0.15, -0.1) is 0 Å². The van der Waals surface area contributed by atoms with E-state index in [1.165, 1.54) is 38.7 Å². The van der Waals surface area contributed by atoms with Crippen molar-refractivity contribution in [3.05, 3.63) is 120 Å². The van der Waals surface area contributed by atoms with E-state index in [1.54, 1.807) is 0 Å². The fraction of sp³-hybridized carbons (Fsp3) is 0.0769. The molecule has 4 aromatic carbocycles. The Labute approximate surface area is 160 Å². The van der Waals surface area contributed by atoms with E-state index < -0.39 is 0 Å². The molecule has 1 aliphatic rings. The van der Waals surface area contributed by atoms with Crippen LogP contribution < -0.4 is 5.32 Å². The molecule has 1 nitrogen and oxygen atoms in total. The third-order valence-corrected chi connectivity index (χ3v) is 5.50. The Morgan fingerprint density at radius 2 is 1.33 bits per heavy atom. The highest BCUT2D eigenvalue weighted by atomic mass is 15.0. The third-order valence-electron chi connectivity index (χ3n) is 5.50. The molecule has 0 saturated carbocycles. The number of hydrogen-bond donors (Lipinski definition) is 1. The average Bonchev–Trinajstić information content (AvgIpc) is 2.74. The van der Waals surface area contributed by atoms with Gasteiger partial charge in [0.2, 0.25) is 0 Å². The van der Waals surface area contributed by atoms with Crippen molar-refractivity contribution < 1.29 is 0 Å². The summed E-state index contributed by atoms with van der Waals surface area (Å²) in [4.78, 5) is 0. The number of nitrogens with one attached hydrogen (secondary N) is 1. The molecule has 1 unspecified atom stereocenters. The summed E-state index contributed by atoms with van der Waals surface area (Å²) < 4.78 is 0. The molecule has 4 aromatic rings. The van der Waals surface area contributed by atoms with Crippen molar-refractivity contribution >= 4 is 22.0 Å². The number of hydrogen-bond acceptors (Lipinski definition) is 1. The molecule has 0 saturated heterocycles. The quantitative estimate of drug-likeness (QED) is 0.430. The van der Waals surface area contributed by atoms with Crippen molar-refractivity contribution in [3.8, 4) is 0 Å². The zero-order chi connectivity index (χ0) is 18.3. The number of rotatable bonds is 2. The maximum atomic E-state index is 3.86. The topological polar surface area (TPSA) is 12.0 Å². The van der Waals surface area contributed by atoms with Crippen molar-refractivity contribution in [2.45, 2.75) is 12.5 Å². The molecule has 1 heterocycles. The van der Waals surface area contributed by atoms with E-state index in [9.17, 15) is 0 Å². The molecule has 1 aliphatic heterocycles. The molecule has 0 fully saturated rings. The summed E-state index contributed by atoms with van der Waals surface area (Å²) in [5.41, 5.74) is 5.98. The lowest BCUT2D eigenvalue weighted by molar-refractivity contribution is 0.687. The molecule has 0 aliphatic carbocycles. The zero-order valence-electron chi connectivity index (χ0n) is 15.3. The van der Waals surface area contributed by atoms with Gasteiger partial charge in [-0.2, -0.15) is 0 Å². The van der Waals surface area contributed by atoms with Crippen molar-refractivity contribution in [1.82, 2.24) is 0 Å². The number of fused-ring (bicyclic) bond motifs is 3. The molecule has 1 heteroatoms. The molecule has 1 atom stereocenters. The summed E-state index contributed by atoms with van der Waals surface area (Å²) in [5.74, 6) is 0. The van der Waals surface area contributed by atoms with E-state index in [2.05, 4.69) is 115 Å². The van der Waals surface area contributed by atoms with Gasteiger partial charge < -0.3 is 5.32 Å². The normalized spacial score (nSPS) is 18.5. The van der Waals surface area contributed by atoms with Gasteiger partial charge >= 0.3 is 0 Å². The molecule has 5 rings (SSSR count). The Bertz CT molecular complexity index is 1140. The molecule has 1 N–H and O–H groups in total. The van der Waals surface area contributed by atoms with Gasteiger partial charge in [-0.1, -0.05) is 97.1 Å². The van der Waals surface area contributed by atoms with E-state index in [0.29, 0.717) is 0 Å². The van der Waals surface area contributed by atoms with Gasteiger partial charge in [-0.05, 0) is 35.1 Å². The minimum absolute atomic E-state index is 0.274. The SMILES string of the molecule is CC1(c2ccccc2)C=C(c2ccccc2)c2ccc3ccccc3c2N1. The Morgan fingerprint density at radius 3 is 2.11 bits per heavy atom. The monoisotopic (exact) mass is 347 g/mol. The highest BCUT2D eigenvalue weighted by Crippen LogP contribution is 2.44. The molecule has 0 amide bonds. The lowest BCUT2D eigenvalue weighted by atomic mass is 9.81. The van der Waals surface area contributed by atoms with Crippen LogP contribution in [0.4, 0.5) is 5.69 Å². The van der Waals surface area contributed by atoms with Crippen molar-refractivity contribution in [1.29, 1.82) is 0 Å². The van der Waals surface area contributed by atoms with Crippen molar-refractivity contribution in [2.75, 3.05) is 5.32 Å². The van der Waals surface area contributed by atoms with Gasteiger partial charge in [-0.3, -0.25) is 0 Å². The first-order chi connectivity index (χ1) is 13.2. The molecule has 0 aromatic heterocycles. The smallest absolute Gasteiger partial charge is 0.0790 e. The summed E-state index contributed by atoms with van der Waals surface area (Å²) in [6.07, 6.45) is 2.37. The Kier molecular flexibility index (Phi) is 3.61. The van der Waals surface area contributed by atoms with Crippen LogP contribution in [0.3, 0.4) is 0 Å². The minimum Gasteiger partial charge on any atom is -0.371 e.